The van der Waals surface area contributed by atoms with Crippen LogP contribution in [0.3, 0.4) is 0 Å². The van der Waals surface area contributed by atoms with Crippen molar-refractivity contribution in [1.82, 2.24) is 19.2 Å². The maximum atomic E-state index is 12.0. The summed E-state index contributed by atoms with van der Waals surface area (Å²) in [5, 5.41) is 6.69. The fraction of sp³-hybridized carbons (Fsp3) is 0.143. The topological polar surface area (TPSA) is 90.5 Å². The number of carbonyl (C=O) groups excluding carboxylic acids is 1. The molecule has 0 aliphatic heterocycles. The molecular weight excluding hydrogens is 286 g/mol. The summed E-state index contributed by atoms with van der Waals surface area (Å²) in [5.41, 5.74) is 0.170. The number of nitrogens with one attached hydrogen (secondary N) is 1. The number of amides is 1. The second-order valence-corrected chi connectivity index (χ2v) is 4.51. The predicted molar refractivity (Wildman–Crippen MR) is 78.9 cm³/mol. The highest BCUT2D eigenvalue weighted by atomic mass is 16.5. The van der Waals surface area contributed by atoms with Crippen molar-refractivity contribution in [3.05, 3.63) is 53.2 Å². The number of methoxy groups -OCH3 is 1. The minimum atomic E-state index is -0.413. The number of ether oxygens (including phenoxy) is 1. The quantitative estimate of drug-likeness (QED) is 0.759. The SMILES string of the molecule is COc1cccc(NC(=O)Cn2nc3ncccn3c2=O)c1. The number of rotatable bonds is 4. The Bertz CT molecular complexity index is 883. The number of fused-ring (bicyclic) bond motifs is 1. The van der Waals surface area contributed by atoms with Crippen LogP contribution in [0.25, 0.3) is 5.78 Å². The van der Waals surface area contributed by atoms with Gasteiger partial charge in [0.25, 0.3) is 5.78 Å². The Morgan fingerprint density at radius 1 is 1.36 bits per heavy atom. The predicted octanol–water partition coefficient (Wildman–Crippen LogP) is 0.538. The molecule has 1 aromatic carbocycles. The van der Waals surface area contributed by atoms with Crippen LogP contribution in [0.15, 0.2) is 47.5 Å². The van der Waals surface area contributed by atoms with Gasteiger partial charge in [0.05, 0.1) is 7.11 Å². The van der Waals surface area contributed by atoms with E-state index in [1.165, 1.54) is 10.6 Å². The molecule has 0 bridgehead atoms. The summed E-state index contributed by atoms with van der Waals surface area (Å²) < 4.78 is 7.43. The van der Waals surface area contributed by atoms with Crippen molar-refractivity contribution in [2.24, 2.45) is 0 Å². The Morgan fingerprint density at radius 3 is 3.00 bits per heavy atom. The maximum absolute atomic E-state index is 12.0. The van der Waals surface area contributed by atoms with Crippen LogP contribution in [0, 0.1) is 0 Å². The molecule has 0 aliphatic rings. The van der Waals surface area contributed by atoms with E-state index in [0.29, 0.717) is 11.4 Å². The van der Waals surface area contributed by atoms with Crippen LogP contribution in [0.1, 0.15) is 0 Å². The van der Waals surface area contributed by atoms with E-state index in [0.717, 1.165) is 4.68 Å². The van der Waals surface area contributed by atoms with Gasteiger partial charge in [0.2, 0.25) is 5.91 Å². The molecule has 8 heteroatoms. The van der Waals surface area contributed by atoms with Crippen molar-refractivity contribution in [2.75, 3.05) is 12.4 Å². The molecule has 0 aliphatic carbocycles. The zero-order chi connectivity index (χ0) is 15.5. The highest BCUT2D eigenvalue weighted by Crippen LogP contribution is 2.16. The van der Waals surface area contributed by atoms with Crippen LogP contribution in [0.4, 0.5) is 5.69 Å². The summed E-state index contributed by atoms with van der Waals surface area (Å²) in [7, 11) is 1.55. The first-order chi connectivity index (χ1) is 10.7. The molecule has 112 valence electrons. The van der Waals surface area contributed by atoms with E-state index >= 15 is 0 Å². The third-order valence-corrected chi connectivity index (χ3v) is 3.01. The molecule has 0 unspecified atom stereocenters. The largest absolute Gasteiger partial charge is 0.497 e. The number of hydrogen-bond donors (Lipinski definition) is 1. The average Bonchev–Trinajstić information content (AvgIpc) is 2.84. The van der Waals surface area contributed by atoms with Gasteiger partial charge < -0.3 is 10.1 Å². The van der Waals surface area contributed by atoms with Gasteiger partial charge in [0.15, 0.2) is 0 Å². The Morgan fingerprint density at radius 2 is 2.23 bits per heavy atom. The summed E-state index contributed by atoms with van der Waals surface area (Å²) in [6.45, 7) is -0.195. The van der Waals surface area contributed by atoms with Crippen molar-refractivity contribution >= 4 is 17.4 Å². The number of benzene rings is 1. The Kier molecular flexibility index (Phi) is 3.57. The van der Waals surface area contributed by atoms with Gasteiger partial charge in [-0.25, -0.2) is 18.9 Å². The second-order valence-electron chi connectivity index (χ2n) is 4.51. The van der Waals surface area contributed by atoms with E-state index in [-0.39, 0.29) is 18.2 Å². The van der Waals surface area contributed by atoms with Gasteiger partial charge in [-0.15, -0.1) is 5.10 Å². The Hall–Kier alpha value is -3.16. The number of aromatic nitrogens is 4. The first kappa shape index (κ1) is 13.8. The molecule has 0 fully saturated rings. The molecule has 1 amide bonds. The summed E-state index contributed by atoms with van der Waals surface area (Å²) >= 11 is 0. The molecule has 3 aromatic rings. The maximum Gasteiger partial charge on any atom is 0.352 e. The van der Waals surface area contributed by atoms with Crippen LogP contribution in [0.5, 0.6) is 5.75 Å². The van der Waals surface area contributed by atoms with E-state index in [1.54, 1.807) is 43.6 Å². The van der Waals surface area contributed by atoms with Gasteiger partial charge in [0, 0.05) is 24.1 Å². The number of hydrogen-bond acceptors (Lipinski definition) is 5. The van der Waals surface area contributed by atoms with E-state index in [4.69, 9.17) is 4.74 Å². The normalized spacial score (nSPS) is 10.6. The average molecular weight is 299 g/mol. The molecule has 8 nitrogen and oxygen atoms in total. The van der Waals surface area contributed by atoms with Crippen molar-refractivity contribution in [1.29, 1.82) is 0 Å². The molecular formula is C14H13N5O3. The Balaban J connectivity index is 1.78. The Labute approximate surface area is 125 Å². The molecule has 0 spiro atoms. The zero-order valence-electron chi connectivity index (χ0n) is 11.8. The number of anilines is 1. The van der Waals surface area contributed by atoms with Crippen molar-refractivity contribution in [3.63, 3.8) is 0 Å². The summed E-state index contributed by atoms with van der Waals surface area (Å²) in [6, 6.07) is 8.57. The summed E-state index contributed by atoms with van der Waals surface area (Å²) in [6.07, 6.45) is 3.08. The molecule has 0 saturated carbocycles. The fourth-order valence-electron chi connectivity index (χ4n) is 2.00. The van der Waals surface area contributed by atoms with E-state index in [1.807, 2.05) is 0 Å². The zero-order valence-corrected chi connectivity index (χ0v) is 11.8. The molecule has 0 radical (unpaired) electrons. The molecule has 0 saturated heterocycles. The highest BCUT2D eigenvalue weighted by Gasteiger charge is 2.11. The summed E-state index contributed by atoms with van der Waals surface area (Å²) in [4.78, 5) is 28.0. The molecule has 2 aromatic heterocycles. The van der Waals surface area contributed by atoms with Crippen LogP contribution in [0.2, 0.25) is 0 Å². The monoisotopic (exact) mass is 299 g/mol. The van der Waals surface area contributed by atoms with Gasteiger partial charge in [-0.1, -0.05) is 6.07 Å². The van der Waals surface area contributed by atoms with Crippen molar-refractivity contribution in [2.45, 2.75) is 6.54 Å². The third kappa shape index (κ3) is 2.66. The van der Waals surface area contributed by atoms with Crippen LogP contribution >= 0.6 is 0 Å². The fourth-order valence-corrected chi connectivity index (χ4v) is 2.00. The van der Waals surface area contributed by atoms with Crippen molar-refractivity contribution < 1.29 is 9.53 Å². The minimum absolute atomic E-state index is 0.195. The summed E-state index contributed by atoms with van der Waals surface area (Å²) in [5.74, 6) is 0.521. The first-order valence-electron chi connectivity index (χ1n) is 6.51. The lowest BCUT2D eigenvalue weighted by Gasteiger charge is -2.06. The van der Waals surface area contributed by atoms with E-state index < -0.39 is 5.69 Å². The lowest BCUT2D eigenvalue weighted by molar-refractivity contribution is -0.117. The highest BCUT2D eigenvalue weighted by molar-refractivity contribution is 5.90. The van der Waals surface area contributed by atoms with E-state index in [2.05, 4.69) is 15.4 Å². The van der Waals surface area contributed by atoms with Gasteiger partial charge in [-0.05, 0) is 18.2 Å². The van der Waals surface area contributed by atoms with Gasteiger partial charge in [-0.3, -0.25) is 4.79 Å². The lowest BCUT2D eigenvalue weighted by Crippen LogP contribution is -2.28. The molecule has 1 N–H and O–H groups in total. The lowest BCUT2D eigenvalue weighted by atomic mass is 10.3. The van der Waals surface area contributed by atoms with Crippen molar-refractivity contribution in [3.8, 4) is 5.75 Å². The minimum Gasteiger partial charge on any atom is -0.497 e. The van der Waals surface area contributed by atoms with Gasteiger partial charge >= 0.3 is 5.69 Å². The first-order valence-corrected chi connectivity index (χ1v) is 6.51. The molecule has 0 atom stereocenters. The van der Waals surface area contributed by atoms with Crippen LogP contribution in [-0.4, -0.2) is 32.2 Å². The van der Waals surface area contributed by atoms with Gasteiger partial charge in [0.1, 0.15) is 12.3 Å². The standard InChI is InChI=1S/C14H13N5O3/c1-22-11-5-2-4-10(8-11)16-12(20)9-19-14(21)18-7-3-6-15-13(18)17-19/h2-8H,9H2,1H3,(H,16,20). The van der Waals surface area contributed by atoms with Crippen LogP contribution in [-0.2, 0) is 11.3 Å². The third-order valence-electron chi connectivity index (χ3n) is 3.01. The molecule has 22 heavy (non-hydrogen) atoms. The second kappa shape index (κ2) is 5.68. The smallest absolute Gasteiger partial charge is 0.352 e. The van der Waals surface area contributed by atoms with E-state index in [9.17, 15) is 9.59 Å². The van der Waals surface area contributed by atoms with Crippen LogP contribution < -0.4 is 15.7 Å². The number of carbonyl (C=O) groups is 1. The van der Waals surface area contributed by atoms with Gasteiger partial charge in [-0.2, -0.15) is 0 Å². The molecule has 3 rings (SSSR count). The molecule has 2 heterocycles. The number of nitrogens with zero attached hydrogens (tertiary/aromatic N) is 4.